The number of phenolic OH excluding ortho intramolecular Hbond substituents is 1. The van der Waals surface area contributed by atoms with Crippen molar-refractivity contribution < 1.29 is 178 Å². The molecule has 2 rings (SSSR count). The number of hydrogen-bond donors (Lipinski definition) is 37. The number of carboxylic acids is 17. The smallest absolute Gasteiger partial charge is 0.321 e. The van der Waals surface area contributed by atoms with Crippen LogP contribution in [-0.4, -0.2) is 311 Å². The maximum Gasteiger partial charge on any atom is 0.321 e. The molecule has 0 saturated heterocycles. The predicted molar refractivity (Wildman–Crippen MR) is 484 cm³/mol. The van der Waals surface area contributed by atoms with Crippen LogP contribution in [0.15, 0.2) is 54.6 Å². The van der Waals surface area contributed by atoms with Crippen LogP contribution in [0.4, 0.5) is 0 Å². The van der Waals surface area contributed by atoms with Crippen molar-refractivity contribution in [3.8, 4) is 5.75 Å². The van der Waals surface area contributed by atoms with E-state index < -0.39 is 186 Å². The third-order valence-corrected chi connectivity index (χ3v) is 15.3. The van der Waals surface area contributed by atoms with Gasteiger partial charge < -0.3 is 201 Å². The Hall–Kier alpha value is -12.0. The van der Waals surface area contributed by atoms with E-state index in [-0.39, 0.29) is 68.8 Å². The number of nitrogens with two attached hydrogens (primary N) is 19. The normalized spacial score (nSPS) is 12.8. The van der Waals surface area contributed by atoms with Crippen LogP contribution in [0.25, 0.3) is 0 Å². The monoisotopic (exact) mass is 1930 g/mol. The fourth-order valence-corrected chi connectivity index (χ4v) is 6.70. The number of carbonyl (C=O) groups excluding carboxylic acids is 1. The van der Waals surface area contributed by atoms with Crippen molar-refractivity contribution in [3.63, 3.8) is 0 Å². The average Bonchev–Trinajstić information content (AvgIpc) is 0.906. The van der Waals surface area contributed by atoms with Gasteiger partial charge in [0.1, 0.15) is 78.3 Å². The Morgan fingerprint density at radius 3 is 0.692 bits per heavy atom. The number of rotatable bonds is 45. The van der Waals surface area contributed by atoms with Crippen LogP contribution in [0, 0.1) is 23.7 Å². The van der Waals surface area contributed by atoms with Gasteiger partial charge in [-0.25, -0.2) is 0 Å². The summed E-state index contributed by atoms with van der Waals surface area (Å²) in [6.45, 7) is 15.9. The highest BCUT2D eigenvalue weighted by Gasteiger charge is 2.21. The first-order valence-electron chi connectivity index (χ1n) is 40.2. The lowest BCUT2D eigenvalue weighted by atomic mass is 10.0. The predicted octanol–water partition coefficient (Wildman–Crippen LogP) is -5.54. The molecule has 0 saturated carbocycles. The molecular weight excluding hydrogens is 1780 g/mol. The molecule has 0 aromatic heterocycles. The number of aromatic hydroxyl groups is 1. The molecule has 0 bridgehead atoms. The molecule has 0 spiro atoms. The third-order valence-electron chi connectivity index (χ3n) is 15.3. The largest absolute Gasteiger partial charge is 0.508 e. The van der Waals surface area contributed by atoms with Crippen LogP contribution in [0.5, 0.6) is 5.75 Å². The van der Waals surface area contributed by atoms with Crippen molar-refractivity contribution in [1.29, 1.82) is 0 Å². The van der Waals surface area contributed by atoms with E-state index in [1.807, 2.05) is 71.9 Å². The Labute approximate surface area is 769 Å². The quantitative estimate of drug-likeness (QED) is 0.0275. The average molecular weight is 1930 g/mol. The van der Waals surface area contributed by atoms with Crippen molar-refractivity contribution >= 4 is 107 Å². The van der Waals surface area contributed by atoms with Gasteiger partial charge in [-0.3, -0.25) is 86.3 Å². The Bertz CT molecular complexity index is 3320. The van der Waals surface area contributed by atoms with E-state index in [4.69, 9.17) is 178 Å². The molecular formula is C78H153N19O36. The Balaban J connectivity index is -0.000000106. The lowest BCUT2D eigenvalue weighted by Crippen LogP contribution is -2.36. The molecule has 776 valence electrons. The van der Waals surface area contributed by atoms with E-state index in [1.165, 1.54) is 12.1 Å². The first-order chi connectivity index (χ1) is 61.0. The van der Waals surface area contributed by atoms with Gasteiger partial charge >= 0.3 is 101 Å². The minimum absolute atomic E-state index is 0.0208. The minimum atomic E-state index is -1.29. The molecule has 2 aromatic rings. The summed E-state index contributed by atoms with van der Waals surface area (Å²) >= 11 is 0. The molecule has 55 nitrogen and oxygen atoms in total. The molecule has 0 aliphatic heterocycles. The number of amides is 1. The Kier molecular flexibility index (Phi) is 110. The van der Waals surface area contributed by atoms with Gasteiger partial charge in [-0.1, -0.05) is 130 Å². The number of unbranched alkanes of at least 4 members (excludes halogenated alkanes) is 3. The summed E-state index contributed by atoms with van der Waals surface area (Å²) in [6, 6.07) is 5.51. The molecule has 0 unspecified atom stereocenters. The molecule has 55 heteroatoms. The van der Waals surface area contributed by atoms with E-state index in [0.717, 1.165) is 62.5 Å². The standard InChI is InChI=1S/C9H11NO3.C9H11NO2.3C6H14N2O2.3C6H13NO2.C5H9NO4.C5H11NO2.C4H8N2O3.C4H7NO4.3C2H5NO2/c10-8(9(12)13)5-6-1-3-7(11)4-2-6;10-8(9(11)12)6-7-4-2-1-3-5-7;3*7-4-2-1-3-5(8)6(9)10;1-4(2)3-5(7)6(8)9;2*1-3-4(2)5(7)6(8)9;6-3(5(9)10)1-2-4(7)8;1-3(2)4(6)5(7)8;2*5-2(4(8)9)1-3(6)7;3*3-1-2(4)5/h1-4,8,11H,5,10H2,(H,12,13);1-5,8H,6,10H2,(H,11,12);3*5H,1-4,7-8H2,(H,9,10);3*4-5H,3,7H2,1-2H3,(H,8,9);3H,1-2,6H2,(H,7,8)(H,9,10);3-4H,6H2,1-2H3,(H,7,8);2H,1,5H2,(H2,6,7)(H,8,9);2H,1,5H2,(H,6,7)(H,8,9);3*1,3H2,(H,4,5)/t2*8-;4*5-;2*4-,5-;3-;4-;2*2-;;;/m000000000000.../s1. The van der Waals surface area contributed by atoms with Gasteiger partial charge in [-0.2, -0.15) is 0 Å². The summed E-state index contributed by atoms with van der Waals surface area (Å²) in [5.41, 5.74) is 97.7. The molecule has 1 amide bonds. The van der Waals surface area contributed by atoms with Crippen LogP contribution in [0.2, 0.25) is 0 Å². The number of benzene rings is 2. The SMILES string of the molecule is CC(C)C[C@H](N)C(=O)O.CC(C)[C@H](N)C(=O)O.CC[C@H](C)[C@H](N)C(=O)O.CC[C@H](C)[C@H](N)C(=O)O.NC(=O)C[C@H](N)C(=O)O.NCC(=O)O.NCC(=O)O.NCC(=O)O.NCCCC[C@H](N)C(=O)O.NCCCC[C@H](N)C(=O)O.NCCCC[C@H](N)C(=O)O.N[C@@H](CC(=O)O)C(=O)O.N[C@@H](CCC(=O)O)C(=O)O.N[C@@H](Cc1ccc(O)cc1)C(=O)O.N[C@@H](Cc1ccccc1)C(=O)O. The third kappa shape index (κ3) is 124. The van der Waals surface area contributed by atoms with Crippen molar-refractivity contribution in [3.05, 3.63) is 65.7 Å². The maximum absolute atomic E-state index is 10.4. The molecule has 0 radical (unpaired) electrons. The molecule has 0 fully saturated rings. The summed E-state index contributed by atoms with van der Waals surface area (Å²) in [6.07, 6.45) is 8.26. The lowest BCUT2D eigenvalue weighted by Gasteiger charge is -2.11. The fraction of sp³-hybridized carbons (Fsp3) is 0.615. The molecule has 56 N–H and O–H groups in total. The lowest BCUT2D eigenvalue weighted by molar-refractivity contribution is -0.144. The van der Waals surface area contributed by atoms with Crippen LogP contribution < -0.4 is 109 Å². The zero-order valence-electron chi connectivity index (χ0n) is 76.3. The summed E-state index contributed by atoms with van der Waals surface area (Å²) < 4.78 is 0. The summed E-state index contributed by atoms with van der Waals surface area (Å²) in [4.78, 5) is 179. The summed E-state index contributed by atoms with van der Waals surface area (Å²) in [5, 5.41) is 147. The number of hydrogen-bond acceptors (Lipinski definition) is 37. The molecule has 0 aliphatic carbocycles. The van der Waals surface area contributed by atoms with E-state index in [0.29, 0.717) is 57.7 Å². The highest BCUT2D eigenvalue weighted by Crippen LogP contribution is 2.12. The van der Waals surface area contributed by atoms with Gasteiger partial charge in [-0.05, 0) is 131 Å². The first kappa shape index (κ1) is 149. The highest BCUT2D eigenvalue weighted by atomic mass is 16.4. The van der Waals surface area contributed by atoms with E-state index in [2.05, 4.69) is 22.9 Å². The second kappa shape index (κ2) is 97.5. The zero-order chi connectivity index (χ0) is 108. The van der Waals surface area contributed by atoms with Crippen LogP contribution >= 0.6 is 0 Å². The number of carbonyl (C=O) groups is 18. The molecule has 2 aromatic carbocycles. The van der Waals surface area contributed by atoms with Gasteiger partial charge in [-0.15, -0.1) is 0 Å². The second-order valence-electron chi connectivity index (χ2n) is 28.1. The Morgan fingerprint density at radius 2 is 0.534 bits per heavy atom. The number of aliphatic carboxylic acids is 17. The molecule has 0 heterocycles. The van der Waals surface area contributed by atoms with Crippen molar-refractivity contribution in [2.24, 2.45) is 133 Å². The summed E-state index contributed by atoms with van der Waals surface area (Å²) in [5.74, 6) is -17.3. The fourth-order valence-electron chi connectivity index (χ4n) is 6.70. The molecule has 0 aliphatic rings. The van der Waals surface area contributed by atoms with Gasteiger partial charge in [0.25, 0.3) is 0 Å². The van der Waals surface area contributed by atoms with Crippen LogP contribution in [-0.2, 0) is 99.1 Å². The van der Waals surface area contributed by atoms with E-state index in [9.17, 15) is 86.3 Å². The van der Waals surface area contributed by atoms with Crippen LogP contribution in [0.1, 0.15) is 169 Å². The number of carboxylic acid groups (broad SMARTS) is 17. The molecule has 14 atom stereocenters. The van der Waals surface area contributed by atoms with Gasteiger partial charge in [0, 0.05) is 6.42 Å². The van der Waals surface area contributed by atoms with Crippen molar-refractivity contribution in [2.45, 2.75) is 243 Å². The Morgan fingerprint density at radius 1 is 0.286 bits per heavy atom. The zero-order valence-corrected chi connectivity index (χ0v) is 76.3. The van der Waals surface area contributed by atoms with Crippen LogP contribution in [0.3, 0.4) is 0 Å². The summed E-state index contributed by atoms with van der Waals surface area (Å²) in [7, 11) is 0. The second-order valence-corrected chi connectivity index (χ2v) is 28.1. The van der Waals surface area contributed by atoms with E-state index in [1.54, 1.807) is 26.0 Å². The van der Waals surface area contributed by atoms with Crippen molar-refractivity contribution in [1.82, 2.24) is 0 Å². The molecule has 133 heavy (non-hydrogen) atoms. The van der Waals surface area contributed by atoms with E-state index >= 15 is 0 Å². The van der Waals surface area contributed by atoms with Gasteiger partial charge in [0.15, 0.2) is 0 Å². The van der Waals surface area contributed by atoms with Gasteiger partial charge in [0.2, 0.25) is 5.91 Å². The van der Waals surface area contributed by atoms with Gasteiger partial charge in [0.05, 0.1) is 32.5 Å². The topological polar surface area (TPSA) is 1170 Å². The first-order valence-corrected chi connectivity index (χ1v) is 40.2. The van der Waals surface area contributed by atoms with Crippen molar-refractivity contribution in [2.75, 3.05) is 39.3 Å². The number of primary amides is 1. The highest BCUT2D eigenvalue weighted by molar-refractivity contribution is 5.83. The maximum atomic E-state index is 10.4. The number of phenols is 1. The minimum Gasteiger partial charge on any atom is -0.508 e.